The summed E-state index contributed by atoms with van der Waals surface area (Å²) in [6.07, 6.45) is -3.80. The van der Waals surface area contributed by atoms with Crippen molar-refractivity contribution in [2.24, 2.45) is 0 Å². The number of aliphatic hydroxyl groups is 1. The SMILES string of the molecule is C=C(O)/C=C(\C)C(F)(F)F. The third-order valence-electron chi connectivity index (χ3n) is 0.830. The topological polar surface area (TPSA) is 20.2 Å². The van der Waals surface area contributed by atoms with Crippen LogP contribution in [0.2, 0.25) is 0 Å². The molecule has 0 aromatic rings. The van der Waals surface area contributed by atoms with Crippen LogP contribution in [0.15, 0.2) is 24.0 Å². The molecule has 0 aliphatic carbocycles. The Morgan fingerprint density at radius 2 is 1.90 bits per heavy atom. The Morgan fingerprint density at radius 3 is 2.00 bits per heavy atom. The van der Waals surface area contributed by atoms with Gasteiger partial charge in [-0.1, -0.05) is 6.58 Å². The molecule has 1 nitrogen and oxygen atoms in total. The van der Waals surface area contributed by atoms with Crippen LogP contribution in [0.1, 0.15) is 6.92 Å². The van der Waals surface area contributed by atoms with Crippen molar-refractivity contribution in [3.8, 4) is 0 Å². The van der Waals surface area contributed by atoms with Crippen LogP contribution in [0.25, 0.3) is 0 Å². The number of halogens is 3. The van der Waals surface area contributed by atoms with Crippen LogP contribution in [-0.4, -0.2) is 11.3 Å². The number of hydrogen-bond donors (Lipinski definition) is 1. The minimum absolute atomic E-state index is 0.569. The second-order valence-corrected chi connectivity index (χ2v) is 1.82. The molecule has 0 atom stereocenters. The maximum atomic E-state index is 11.6. The summed E-state index contributed by atoms with van der Waals surface area (Å²) in [7, 11) is 0. The first-order chi connectivity index (χ1) is 4.34. The lowest BCUT2D eigenvalue weighted by atomic mass is 10.2. The minimum Gasteiger partial charge on any atom is -0.509 e. The van der Waals surface area contributed by atoms with Crippen LogP contribution in [0.3, 0.4) is 0 Å². The van der Waals surface area contributed by atoms with Crippen molar-refractivity contribution in [2.75, 3.05) is 0 Å². The predicted octanol–water partition coefficient (Wildman–Crippen LogP) is 2.57. The van der Waals surface area contributed by atoms with Crippen molar-refractivity contribution < 1.29 is 18.3 Å². The van der Waals surface area contributed by atoms with Gasteiger partial charge in [0.05, 0.1) is 0 Å². The third-order valence-corrected chi connectivity index (χ3v) is 0.830. The first-order valence-electron chi connectivity index (χ1n) is 2.47. The predicted molar refractivity (Wildman–Crippen MR) is 31.6 cm³/mol. The second kappa shape index (κ2) is 2.77. The van der Waals surface area contributed by atoms with Gasteiger partial charge >= 0.3 is 6.18 Å². The molecular weight excluding hydrogens is 145 g/mol. The standard InChI is InChI=1S/C6H7F3O/c1-4(3-5(2)10)6(7,8)9/h3,10H,2H2,1H3/b4-3+. The van der Waals surface area contributed by atoms with Gasteiger partial charge in [-0.3, -0.25) is 0 Å². The van der Waals surface area contributed by atoms with E-state index in [4.69, 9.17) is 5.11 Å². The smallest absolute Gasteiger partial charge is 0.412 e. The maximum Gasteiger partial charge on any atom is 0.412 e. The molecule has 0 fully saturated rings. The average molecular weight is 152 g/mol. The lowest BCUT2D eigenvalue weighted by Gasteiger charge is -2.04. The Morgan fingerprint density at radius 1 is 1.50 bits per heavy atom. The fourth-order valence-electron chi connectivity index (χ4n) is 0.332. The molecule has 0 saturated heterocycles. The molecule has 0 aromatic heterocycles. The summed E-state index contributed by atoms with van der Waals surface area (Å²) >= 11 is 0. The summed E-state index contributed by atoms with van der Waals surface area (Å²) in [5.74, 6) is -0.588. The summed E-state index contributed by atoms with van der Waals surface area (Å²) in [5.41, 5.74) is -0.861. The van der Waals surface area contributed by atoms with E-state index in [-0.39, 0.29) is 0 Å². The van der Waals surface area contributed by atoms with E-state index in [1.54, 1.807) is 0 Å². The zero-order valence-electron chi connectivity index (χ0n) is 5.37. The summed E-state index contributed by atoms with van der Waals surface area (Å²) < 4.78 is 34.8. The van der Waals surface area contributed by atoms with Crippen molar-refractivity contribution >= 4 is 0 Å². The molecule has 0 amide bonds. The van der Waals surface area contributed by atoms with Crippen LogP contribution in [-0.2, 0) is 0 Å². The first-order valence-corrected chi connectivity index (χ1v) is 2.47. The molecule has 0 spiro atoms. The third kappa shape index (κ3) is 3.17. The van der Waals surface area contributed by atoms with Gasteiger partial charge in [0.2, 0.25) is 0 Å². The van der Waals surface area contributed by atoms with Gasteiger partial charge in [0.15, 0.2) is 0 Å². The van der Waals surface area contributed by atoms with Gasteiger partial charge in [-0.15, -0.1) is 0 Å². The normalized spacial score (nSPS) is 13.4. The lowest BCUT2D eigenvalue weighted by Crippen LogP contribution is -2.08. The quantitative estimate of drug-likeness (QED) is 0.452. The van der Waals surface area contributed by atoms with Crippen LogP contribution < -0.4 is 0 Å². The van der Waals surface area contributed by atoms with Gasteiger partial charge in [0.25, 0.3) is 0 Å². The zero-order valence-corrected chi connectivity index (χ0v) is 5.37. The van der Waals surface area contributed by atoms with E-state index in [9.17, 15) is 13.2 Å². The first kappa shape index (κ1) is 9.07. The van der Waals surface area contributed by atoms with Crippen molar-refractivity contribution in [3.05, 3.63) is 24.0 Å². The van der Waals surface area contributed by atoms with E-state index >= 15 is 0 Å². The van der Waals surface area contributed by atoms with Crippen LogP contribution in [0.4, 0.5) is 13.2 Å². The van der Waals surface area contributed by atoms with Crippen LogP contribution >= 0.6 is 0 Å². The Kier molecular flexibility index (Phi) is 2.51. The molecule has 0 radical (unpaired) electrons. The molecule has 0 bridgehead atoms. The molecule has 0 aromatic carbocycles. The van der Waals surface area contributed by atoms with Gasteiger partial charge in [-0.25, -0.2) is 0 Å². The van der Waals surface area contributed by atoms with E-state index in [2.05, 4.69) is 6.58 Å². The van der Waals surface area contributed by atoms with Crippen molar-refractivity contribution in [3.63, 3.8) is 0 Å². The highest BCUT2D eigenvalue weighted by Crippen LogP contribution is 2.25. The Labute approximate surface area is 56.5 Å². The molecule has 58 valence electrons. The van der Waals surface area contributed by atoms with E-state index in [1.165, 1.54) is 0 Å². The Balaban J connectivity index is 4.35. The maximum absolute atomic E-state index is 11.6. The molecule has 0 unspecified atom stereocenters. The largest absolute Gasteiger partial charge is 0.509 e. The molecule has 0 saturated carbocycles. The molecule has 1 N–H and O–H groups in total. The fraction of sp³-hybridized carbons (Fsp3) is 0.333. The highest BCUT2D eigenvalue weighted by Gasteiger charge is 2.29. The summed E-state index contributed by atoms with van der Waals surface area (Å²) in [5, 5.41) is 8.32. The molecule has 4 heteroatoms. The molecule has 10 heavy (non-hydrogen) atoms. The summed E-state index contributed by atoms with van der Waals surface area (Å²) in [6.45, 7) is 3.75. The van der Waals surface area contributed by atoms with Gasteiger partial charge in [-0.05, 0) is 13.0 Å². The van der Waals surface area contributed by atoms with Crippen molar-refractivity contribution in [1.82, 2.24) is 0 Å². The van der Waals surface area contributed by atoms with Crippen molar-refractivity contribution in [1.29, 1.82) is 0 Å². The van der Waals surface area contributed by atoms with E-state index in [0.29, 0.717) is 6.08 Å². The molecule has 0 heterocycles. The second-order valence-electron chi connectivity index (χ2n) is 1.82. The Bertz CT molecular complexity index is 166. The Hall–Kier alpha value is -0.930. The monoisotopic (exact) mass is 152 g/mol. The number of hydrogen-bond acceptors (Lipinski definition) is 1. The fourth-order valence-corrected chi connectivity index (χ4v) is 0.332. The average Bonchev–Trinajstić information content (AvgIpc) is 1.60. The number of alkyl halides is 3. The molecule has 0 rings (SSSR count). The van der Waals surface area contributed by atoms with E-state index < -0.39 is 17.5 Å². The lowest BCUT2D eigenvalue weighted by molar-refractivity contribution is -0.0915. The van der Waals surface area contributed by atoms with Crippen molar-refractivity contribution in [2.45, 2.75) is 13.1 Å². The highest BCUT2D eigenvalue weighted by atomic mass is 19.4. The van der Waals surface area contributed by atoms with Gasteiger partial charge in [-0.2, -0.15) is 13.2 Å². The minimum atomic E-state index is -4.37. The number of allylic oxidation sites excluding steroid dienone is 2. The van der Waals surface area contributed by atoms with Gasteiger partial charge in [0, 0.05) is 5.57 Å². The zero-order chi connectivity index (χ0) is 8.36. The van der Waals surface area contributed by atoms with Crippen LogP contribution in [0.5, 0.6) is 0 Å². The molecule has 0 aliphatic rings. The van der Waals surface area contributed by atoms with Gasteiger partial charge in [0.1, 0.15) is 5.76 Å². The van der Waals surface area contributed by atoms with Gasteiger partial charge < -0.3 is 5.11 Å². The highest BCUT2D eigenvalue weighted by molar-refractivity contribution is 5.16. The molecular formula is C6H7F3O. The molecule has 0 aliphatic heterocycles. The number of aliphatic hydroxyl groups excluding tert-OH is 1. The van der Waals surface area contributed by atoms with Crippen LogP contribution in [0, 0.1) is 0 Å². The van der Waals surface area contributed by atoms with E-state index in [0.717, 1.165) is 6.92 Å². The summed E-state index contributed by atoms with van der Waals surface area (Å²) in [6, 6.07) is 0. The summed E-state index contributed by atoms with van der Waals surface area (Å²) in [4.78, 5) is 0. The van der Waals surface area contributed by atoms with E-state index in [1.807, 2.05) is 0 Å². The number of rotatable bonds is 1.